The van der Waals surface area contributed by atoms with Gasteiger partial charge in [0.05, 0.1) is 11.6 Å². The van der Waals surface area contributed by atoms with Gasteiger partial charge in [-0.3, -0.25) is 4.79 Å². The highest BCUT2D eigenvalue weighted by molar-refractivity contribution is 6.60. The van der Waals surface area contributed by atoms with Crippen molar-refractivity contribution in [3.05, 3.63) is 41.7 Å². The van der Waals surface area contributed by atoms with Crippen LogP contribution >= 0.6 is 0 Å². The maximum Gasteiger partial charge on any atom is 0.489 e. The Hall–Kier alpha value is -2.36. The number of carbonyl (C=O) groups is 1. The van der Waals surface area contributed by atoms with Gasteiger partial charge in [0, 0.05) is 5.56 Å². The summed E-state index contributed by atoms with van der Waals surface area (Å²) in [5.41, 5.74) is 0.941. The predicted molar refractivity (Wildman–Crippen MR) is 64.1 cm³/mol. The summed E-state index contributed by atoms with van der Waals surface area (Å²) < 4.78 is 5.21. The van der Waals surface area contributed by atoms with E-state index in [9.17, 15) is 14.8 Å². The molecule has 1 aromatic carbocycles. The molecule has 1 heterocycles. The summed E-state index contributed by atoms with van der Waals surface area (Å²) in [5.74, 6) is 0.433. The van der Waals surface area contributed by atoms with Crippen LogP contribution in [-0.2, 0) is 0 Å². The lowest BCUT2D eigenvalue weighted by atomic mass is 9.76. The molecule has 2 N–H and O–H groups in total. The number of hydrogen-bond donors (Lipinski definition) is 2. The molecule has 2 aromatic rings. The SMILES string of the molecule is N#Cc1ccc(B(O)O)c(-c2ccc(C=O)o2)c1. The van der Waals surface area contributed by atoms with Gasteiger partial charge in [-0.05, 0) is 29.7 Å². The zero-order chi connectivity index (χ0) is 13.1. The van der Waals surface area contributed by atoms with Crippen molar-refractivity contribution in [2.45, 2.75) is 0 Å². The van der Waals surface area contributed by atoms with Crippen LogP contribution < -0.4 is 5.46 Å². The van der Waals surface area contributed by atoms with E-state index in [1.807, 2.05) is 6.07 Å². The van der Waals surface area contributed by atoms with Crippen molar-refractivity contribution in [3.8, 4) is 17.4 Å². The van der Waals surface area contributed by atoms with E-state index in [0.717, 1.165) is 0 Å². The minimum Gasteiger partial charge on any atom is -0.453 e. The molecule has 0 spiro atoms. The van der Waals surface area contributed by atoms with Crippen LogP contribution in [0.15, 0.2) is 34.7 Å². The summed E-state index contributed by atoms with van der Waals surface area (Å²) >= 11 is 0. The van der Waals surface area contributed by atoms with Gasteiger partial charge in [0.2, 0.25) is 0 Å². The molecule has 88 valence electrons. The summed E-state index contributed by atoms with van der Waals surface area (Å²) in [5, 5.41) is 27.3. The van der Waals surface area contributed by atoms with E-state index in [2.05, 4.69) is 0 Å². The molecule has 6 heteroatoms. The molecule has 1 aromatic heterocycles. The first-order valence-electron chi connectivity index (χ1n) is 5.11. The number of carbonyl (C=O) groups excluding carboxylic acids is 1. The Morgan fingerprint density at radius 3 is 2.61 bits per heavy atom. The third kappa shape index (κ3) is 2.18. The third-order valence-electron chi connectivity index (χ3n) is 2.47. The van der Waals surface area contributed by atoms with Gasteiger partial charge in [-0.25, -0.2) is 0 Å². The topological polar surface area (TPSA) is 94.5 Å². The fourth-order valence-electron chi connectivity index (χ4n) is 1.63. The molecule has 0 amide bonds. The van der Waals surface area contributed by atoms with Crippen molar-refractivity contribution in [1.82, 2.24) is 0 Å². The quantitative estimate of drug-likeness (QED) is 0.595. The molecule has 0 aliphatic rings. The fourth-order valence-corrected chi connectivity index (χ4v) is 1.63. The monoisotopic (exact) mass is 241 g/mol. The van der Waals surface area contributed by atoms with Gasteiger partial charge in [0.1, 0.15) is 5.76 Å². The maximum absolute atomic E-state index is 10.5. The van der Waals surface area contributed by atoms with Crippen LogP contribution in [0.2, 0.25) is 0 Å². The molecule has 0 saturated heterocycles. The van der Waals surface area contributed by atoms with E-state index in [-0.39, 0.29) is 11.2 Å². The molecule has 0 fully saturated rings. The molecule has 0 aliphatic carbocycles. The highest BCUT2D eigenvalue weighted by Crippen LogP contribution is 2.21. The molecule has 2 rings (SSSR count). The minimum absolute atomic E-state index is 0.130. The minimum atomic E-state index is -1.68. The van der Waals surface area contributed by atoms with Crippen LogP contribution in [0.4, 0.5) is 0 Å². The lowest BCUT2D eigenvalue weighted by Gasteiger charge is -2.06. The number of furan rings is 1. The summed E-state index contributed by atoms with van der Waals surface area (Å²) in [4.78, 5) is 10.5. The molecular formula is C12H8BNO4. The highest BCUT2D eigenvalue weighted by Gasteiger charge is 2.19. The average Bonchev–Trinajstić information content (AvgIpc) is 2.86. The first-order chi connectivity index (χ1) is 8.65. The Bertz CT molecular complexity index is 627. The summed E-state index contributed by atoms with van der Waals surface area (Å²) in [6, 6.07) is 9.33. The zero-order valence-electron chi connectivity index (χ0n) is 9.20. The van der Waals surface area contributed by atoms with Crippen molar-refractivity contribution in [2.75, 3.05) is 0 Å². The van der Waals surface area contributed by atoms with E-state index in [0.29, 0.717) is 23.2 Å². The van der Waals surface area contributed by atoms with Gasteiger partial charge in [0.15, 0.2) is 12.0 Å². The van der Waals surface area contributed by atoms with Crippen LogP contribution in [0, 0.1) is 11.3 Å². The Kier molecular flexibility index (Phi) is 3.28. The van der Waals surface area contributed by atoms with E-state index in [1.165, 1.54) is 30.3 Å². The number of benzene rings is 1. The number of rotatable bonds is 3. The molecule has 0 bridgehead atoms. The van der Waals surface area contributed by atoms with Crippen LogP contribution in [-0.4, -0.2) is 23.5 Å². The smallest absolute Gasteiger partial charge is 0.453 e. The first kappa shape index (κ1) is 12.1. The molecule has 0 saturated carbocycles. The second-order valence-corrected chi connectivity index (χ2v) is 3.61. The lowest BCUT2D eigenvalue weighted by molar-refractivity contribution is 0.110. The summed E-state index contributed by atoms with van der Waals surface area (Å²) in [6.45, 7) is 0. The molecule has 0 aliphatic heterocycles. The van der Waals surface area contributed by atoms with Crippen molar-refractivity contribution in [1.29, 1.82) is 5.26 Å². The van der Waals surface area contributed by atoms with Crippen LogP contribution in [0.1, 0.15) is 16.1 Å². The van der Waals surface area contributed by atoms with Gasteiger partial charge in [-0.15, -0.1) is 0 Å². The average molecular weight is 241 g/mol. The van der Waals surface area contributed by atoms with Gasteiger partial charge in [-0.1, -0.05) is 6.07 Å². The largest absolute Gasteiger partial charge is 0.489 e. The normalized spacial score (nSPS) is 9.83. The summed E-state index contributed by atoms with van der Waals surface area (Å²) in [6.07, 6.45) is 0.548. The molecular weight excluding hydrogens is 233 g/mol. The fraction of sp³-hybridized carbons (Fsp3) is 0. The van der Waals surface area contributed by atoms with Crippen molar-refractivity contribution in [3.63, 3.8) is 0 Å². The number of hydrogen-bond acceptors (Lipinski definition) is 5. The third-order valence-corrected chi connectivity index (χ3v) is 2.47. The number of nitrogens with zero attached hydrogens (tertiary/aromatic N) is 1. The Morgan fingerprint density at radius 1 is 1.28 bits per heavy atom. The molecule has 5 nitrogen and oxygen atoms in total. The maximum atomic E-state index is 10.5. The van der Waals surface area contributed by atoms with Crippen LogP contribution in [0.3, 0.4) is 0 Å². The zero-order valence-corrected chi connectivity index (χ0v) is 9.20. The highest BCUT2D eigenvalue weighted by atomic mass is 16.4. The number of nitriles is 1. The number of aldehydes is 1. The first-order valence-corrected chi connectivity index (χ1v) is 5.11. The molecule has 0 atom stereocenters. The van der Waals surface area contributed by atoms with E-state index < -0.39 is 7.12 Å². The molecule has 0 radical (unpaired) electrons. The van der Waals surface area contributed by atoms with E-state index in [1.54, 1.807) is 0 Å². The van der Waals surface area contributed by atoms with E-state index >= 15 is 0 Å². The van der Waals surface area contributed by atoms with Crippen LogP contribution in [0.25, 0.3) is 11.3 Å². The second-order valence-electron chi connectivity index (χ2n) is 3.61. The molecule has 0 unspecified atom stereocenters. The van der Waals surface area contributed by atoms with Gasteiger partial charge >= 0.3 is 7.12 Å². The van der Waals surface area contributed by atoms with E-state index in [4.69, 9.17) is 9.68 Å². The van der Waals surface area contributed by atoms with Crippen molar-refractivity contribution < 1.29 is 19.3 Å². The lowest BCUT2D eigenvalue weighted by Crippen LogP contribution is -2.31. The summed E-state index contributed by atoms with van der Waals surface area (Å²) in [7, 11) is -1.68. The van der Waals surface area contributed by atoms with Gasteiger partial charge in [0.25, 0.3) is 0 Å². The van der Waals surface area contributed by atoms with Crippen LogP contribution in [0.5, 0.6) is 0 Å². The standard InChI is InChI=1S/C12H8BNO4/c14-6-8-1-3-11(13(16)17)10(5-8)12-4-2-9(7-15)18-12/h1-5,7,16-17H. The second kappa shape index (κ2) is 4.88. The Balaban J connectivity index is 2.59. The Morgan fingerprint density at radius 2 is 2.06 bits per heavy atom. The van der Waals surface area contributed by atoms with Gasteiger partial charge < -0.3 is 14.5 Å². The predicted octanol–water partition coefficient (Wildman–Crippen LogP) is 0.311. The van der Waals surface area contributed by atoms with Crippen molar-refractivity contribution in [2.24, 2.45) is 0 Å². The van der Waals surface area contributed by atoms with Gasteiger partial charge in [-0.2, -0.15) is 5.26 Å². The van der Waals surface area contributed by atoms with Crippen molar-refractivity contribution >= 4 is 18.9 Å². The Labute approximate surface area is 103 Å². The molecule has 18 heavy (non-hydrogen) atoms.